The van der Waals surface area contributed by atoms with Gasteiger partial charge in [-0.15, -0.1) is 0 Å². The van der Waals surface area contributed by atoms with Crippen LogP contribution < -0.4 is 21.3 Å². The van der Waals surface area contributed by atoms with Gasteiger partial charge in [-0.3, -0.25) is 14.4 Å². The van der Waals surface area contributed by atoms with Crippen molar-refractivity contribution in [1.82, 2.24) is 5.32 Å². The van der Waals surface area contributed by atoms with Gasteiger partial charge in [-0.1, -0.05) is 19.1 Å². The van der Waals surface area contributed by atoms with Crippen LogP contribution in [0, 0.1) is 6.92 Å². The average Bonchev–Trinajstić information content (AvgIpc) is 2.68. The van der Waals surface area contributed by atoms with Crippen LogP contribution in [0.4, 0.5) is 17.1 Å². The maximum Gasteiger partial charge on any atom is 0.251 e. The lowest BCUT2D eigenvalue weighted by molar-refractivity contribution is -0.116. The Morgan fingerprint density at radius 1 is 0.926 bits per heavy atom. The van der Waals surface area contributed by atoms with Crippen molar-refractivity contribution in [2.24, 2.45) is 0 Å². The average molecular weight is 368 g/mol. The lowest BCUT2D eigenvalue weighted by Crippen LogP contribution is -2.22. The number of hydrogen-bond donors (Lipinski definition) is 4. The van der Waals surface area contributed by atoms with E-state index >= 15 is 0 Å². The van der Waals surface area contributed by atoms with E-state index in [2.05, 4.69) is 21.3 Å². The van der Waals surface area contributed by atoms with E-state index in [-0.39, 0.29) is 24.3 Å². The van der Waals surface area contributed by atoms with Crippen molar-refractivity contribution >= 4 is 34.8 Å². The Bertz CT molecular complexity index is 849. The van der Waals surface area contributed by atoms with Crippen LogP contribution >= 0.6 is 0 Å². The van der Waals surface area contributed by atoms with Crippen LogP contribution in [0.25, 0.3) is 0 Å². The zero-order valence-corrected chi connectivity index (χ0v) is 15.7. The molecule has 0 atom stereocenters. The summed E-state index contributed by atoms with van der Waals surface area (Å²) in [6, 6.07) is 12.2. The number of aryl methyl sites for hydroxylation is 1. The summed E-state index contributed by atoms with van der Waals surface area (Å²) in [5.41, 5.74) is 3.37. The Labute approximate surface area is 158 Å². The molecule has 7 nitrogen and oxygen atoms in total. The van der Waals surface area contributed by atoms with Crippen molar-refractivity contribution in [3.05, 3.63) is 53.6 Å². The Morgan fingerprint density at radius 2 is 1.70 bits per heavy atom. The third-order valence-electron chi connectivity index (χ3n) is 3.92. The van der Waals surface area contributed by atoms with Gasteiger partial charge in [-0.05, 0) is 42.8 Å². The molecule has 0 aromatic heterocycles. The molecule has 2 aromatic rings. The van der Waals surface area contributed by atoms with E-state index in [9.17, 15) is 14.4 Å². The lowest BCUT2D eigenvalue weighted by atomic mass is 10.1. The highest BCUT2D eigenvalue weighted by molar-refractivity contribution is 5.97. The first kappa shape index (κ1) is 20.0. The number of nitrogens with one attached hydrogen (secondary N) is 4. The smallest absolute Gasteiger partial charge is 0.251 e. The number of carbonyl (C=O) groups is 3. The standard InChI is InChI=1S/C20H24N4O3/c1-4-18(25)24-17-11-16(9-8-13(17)2)23-19(26)12-22-15-7-5-6-14(10-15)20(27)21-3/h5-11,22H,4,12H2,1-3H3,(H,21,27)(H,23,26)(H,24,25). The van der Waals surface area contributed by atoms with Crippen LogP contribution in [0.1, 0.15) is 29.3 Å². The molecular weight excluding hydrogens is 344 g/mol. The topological polar surface area (TPSA) is 99.3 Å². The number of carbonyl (C=O) groups excluding carboxylic acids is 3. The summed E-state index contributed by atoms with van der Waals surface area (Å²) in [5, 5.41) is 11.1. The number of rotatable bonds is 7. The molecular formula is C20H24N4O3. The monoisotopic (exact) mass is 368 g/mol. The van der Waals surface area contributed by atoms with E-state index in [0.29, 0.717) is 29.0 Å². The zero-order valence-electron chi connectivity index (χ0n) is 15.7. The van der Waals surface area contributed by atoms with Crippen LogP contribution in [0.5, 0.6) is 0 Å². The molecule has 0 radical (unpaired) electrons. The van der Waals surface area contributed by atoms with E-state index < -0.39 is 0 Å². The Hall–Kier alpha value is -3.35. The van der Waals surface area contributed by atoms with E-state index in [4.69, 9.17) is 0 Å². The molecule has 0 bridgehead atoms. The van der Waals surface area contributed by atoms with Crippen LogP contribution in [0.2, 0.25) is 0 Å². The first-order valence-electron chi connectivity index (χ1n) is 8.69. The van der Waals surface area contributed by atoms with Crippen molar-refractivity contribution in [2.75, 3.05) is 29.5 Å². The molecule has 0 aliphatic rings. The minimum atomic E-state index is -0.239. The first-order chi connectivity index (χ1) is 12.9. The van der Waals surface area contributed by atoms with Crippen LogP contribution in [0.15, 0.2) is 42.5 Å². The predicted molar refractivity (Wildman–Crippen MR) is 107 cm³/mol. The third kappa shape index (κ3) is 5.85. The van der Waals surface area contributed by atoms with Crippen molar-refractivity contribution in [3.63, 3.8) is 0 Å². The van der Waals surface area contributed by atoms with Crippen LogP contribution in [0.3, 0.4) is 0 Å². The zero-order chi connectivity index (χ0) is 19.8. The summed E-state index contributed by atoms with van der Waals surface area (Å²) in [6.07, 6.45) is 0.384. The number of hydrogen-bond acceptors (Lipinski definition) is 4. The first-order valence-corrected chi connectivity index (χ1v) is 8.69. The van der Waals surface area contributed by atoms with Gasteiger partial charge >= 0.3 is 0 Å². The van der Waals surface area contributed by atoms with E-state index in [1.807, 2.05) is 13.0 Å². The molecule has 0 spiro atoms. The molecule has 4 N–H and O–H groups in total. The number of anilines is 3. The van der Waals surface area contributed by atoms with Crippen LogP contribution in [-0.2, 0) is 9.59 Å². The minimum absolute atomic E-state index is 0.0434. The highest BCUT2D eigenvalue weighted by Crippen LogP contribution is 2.20. The molecule has 0 fully saturated rings. The van der Waals surface area contributed by atoms with Gasteiger partial charge in [0, 0.05) is 36.1 Å². The Kier molecular flexibility index (Phi) is 6.93. The van der Waals surface area contributed by atoms with E-state index in [0.717, 1.165) is 5.56 Å². The molecule has 27 heavy (non-hydrogen) atoms. The summed E-state index contributed by atoms with van der Waals surface area (Å²) in [7, 11) is 1.56. The minimum Gasteiger partial charge on any atom is -0.376 e. The van der Waals surface area contributed by atoms with Crippen LogP contribution in [-0.4, -0.2) is 31.3 Å². The predicted octanol–water partition coefficient (Wildman–Crippen LogP) is 2.75. The summed E-state index contributed by atoms with van der Waals surface area (Å²) >= 11 is 0. The molecule has 0 unspecified atom stereocenters. The summed E-state index contributed by atoms with van der Waals surface area (Å²) in [5.74, 6) is -0.513. The van der Waals surface area contributed by atoms with Gasteiger partial charge in [-0.25, -0.2) is 0 Å². The summed E-state index contributed by atoms with van der Waals surface area (Å²) in [6.45, 7) is 3.71. The third-order valence-corrected chi connectivity index (χ3v) is 3.92. The molecule has 0 saturated carbocycles. The quantitative estimate of drug-likeness (QED) is 0.604. The number of amides is 3. The van der Waals surface area contributed by atoms with Gasteiger partial charge in [-0.2, -0.15) is 0 Å². The summed E-state index contributed by atoms with van der Waals surface area (Å²) in [4.78, 5) is 35.4. The SMILES string of the molecule is CCC(=O)Nc1cc(NC(=O)CNc2cccc(C(=O)NC)c2)ccc1C. The molecule has 2 rings (SSSR count). The molecule has 0 aliphatic carbocycles. The van der Waals surface area contributed by atoms with Crippen molar-refractivity contribution in [2.45, 2.75) is 20.3 Å². The highest BCUT2D eigenvalue weighted by atomic mass is 16.2. The van der Waals surface area contributed by atoms with Gasteiger partial charge in [0.25, 0.3) is 5.91 Å². The fourth-order valence-electron chi connectivity index (χ4n) is 2.38. The maximum atomic E-state index is 12.2. The van der Waals surface area contributed by atoms with E-state index in [1.54, 1.807) is 50.4 Å². The highest BCUT2D eigenvalue weighted by Gasteiger charge is 2.08. The van der Waals surface area contributed by atoms with Gasteiger partial charge in [0.2, 0.25) is 11.8 Å². The second-order valence-corrected chi connectivity index (χ2v) is 5.99. The largest absolute Gasteiger partial charge is 0.376 e. The molecule has 142 valence electrons. The van der Waals surface area contributed by atoms with Crippen molar-refractivity contribution in [1.29, 1.82) is 0 Å². The Balaban J connectivity index is 1.97. The molecule has 0 saturated heterocycles. The number of benzene rings is 2. The normalized spacial score (nSPS) is 10.0. The molecule has 0 aliphatic heterocycles. The maximum absolute atomic E-state index is 12.2. The van der Waals surface area contributed by atoms with Gasteiger partial charge in [0.1, 0.15) is 0 Å². The Morgan fingerprint density at radius 3 is 2.41 bits per heavy atom. The summed E-state index contributed by atoms with van der Waals surface area (Å²) < 4.78 is 0. The molecule has 2 aromatic carbocycles. The van der Waals surface area contributed by atoms with Gasteiger partial charge in [0.05, 0.1) is 6.54 Å². The lowest BCUT2D eigenvalue weighted by Gasteiger charge is -2.12. The second kappa shape index (κ2) is 9.38. The van der Waals surface area contributed by atoms with Crippen molar-refractivity contribution in [3.8, 4) is 0 Å². The molecule has 7 heteroatoms. The van der Waals surface area contributed by atoms with Gasteiger partial charge in [0.15, 0.2) is 0 Å². The fourth-order valence-corrected chi connectivity index (χ4v) is 2.38. The van der Waals surface area contributed by atoms with Gasteiger partial charge < -0.3 is 21.3 Å². The molecule has 3 amide bonds. The van der Waals surface area contributed by atoms with Crippen molar-refractivity contribution < 1.29 is 14.4 Å². The second-order valence-electron chi connectivity index (χ2n) is 5.99. The molecule has 0 heterocycles. The van der Waals surface area contributed by atoms with E-state index in [1.165, 1.54) is 0 Å². The fraction of sp³-hybridized carbons (Fsp3) is 0.250.